The first-order valence-corrected chi connectivity index (χ1v) is 3.99. The zero-order valence-corrected chi connectivity index (χ0v) is 6.71. The van der Waals surface area contributed by atoms with Gasteiger partial charge in [0.2, 0.25) is 0 Å². The molecule has 1 rings (SSSR count). The molecule has 1 aliphatic heterocycles. The maximum Gasteiger partial charge on any atom is 0.263 e. The van der Waals surface area contributed by atoms with Crippen molar-refractivity contribution in [2.24, 2.45) is 0 Å². The highest BCUT2D eigenvalue weighted by Crippen LogP contribution is 2.07. The summed E-state index contributed by atoms with van der Waals surface area (Å²) < 4.78 is 0. The van der Waals surface area contributed by atoms with E-state index in [1.165, 1.54) is 0 Å². The molecule has 0 radical (unpaired) electrons. The van der Waals surface area contributed by atoms with Crippen LogP contribution in [0.3, 0.4) is 0 Å². The molecule has 0 aliphatic carbocycles. The van der Waals surface area contributed by atoms with E-state index in [2.05, 4.69) is 5.32 Å². The quantitative estimate of drug-likeness (QED) is 0.567. The van der Waals surface area contributed by atoms with Crippen molar-refractivity contribution in [3.05, 3.63) is 0 Å². The normalized spacial score (nSPS) is 24.7. The fourth-order valence-corrected chi connectivity index (χ4v) is 1.17. The molecule has 0 aromatic carbocycles. The molecule has 4 heteroatoms. The van der Waals surface area contributed by atoms with Gasteiger partial charge in [0, 0.05) is 0 Å². The molecule has 0 bridgehead atoms. The summed E-state index contributed by atoms with van der Waals surface area (Å²) in [5.74, 6) is -0.196. The van der Waals surface area contributed by atoms with Crippen molar-refractivity contribution in [1.29, 1.82) is 0 Å². The van der Waals surface area contributed by atoms with Crippen LogP contribution < -0.4 is 5.32 Å². The molecule has 64 valence electrons. The van der Waals surface area contributed by atoms with Crippen LogP contribution in [0.2, 0.25) is 0 Å². The number of carbonyl (C=O) groups excluding carboxylic acids is 1. The fourth-order valence-electron chi connectivity index (χ4n) is 1.17. The van der Waals surface area contributed by atoms with Crippen LogP contribution in [0, 0.1) is 0 Å². The molecule has 0 saturated carbocycles. The summed E-state index contributed by atoms with van der Waals surface area (Å²) >= 11 is 0. The zero-order valence-electron chi connectivity index (χ0n) is 6.71. The average molecular weight is 158 g/mol. The summed E-state index contributed by atoms with van der Waals surface area (Å²) in [6.45, 7) is 3.34. The van der Waals surface area contributed by atoms with Crippen molar-refractivity contribution in [2.45, 2.75) is 25.8 Å². The molecule has 0 aromatic rings. The second kappa shape index (κ2) is 3.69. The summed E-state index contributed by atoms with van der Waals surface area (Å²) in [7, 11) is 0. The molecule has 4 nitrogen and oxygen atoms in total. The molecule has 1 atom stereocenters. The predicted molar refractivity (Wildman–Crippen MR) is 40.2 cm³/mol. The number of carbonyl (C=O) groups is 1. The molecule has 2 N–H and O–H groups in total. The standard InChI is InChI=1S/C7H14N2O2/c1-2-4-8-6-3-5-9(11)7(6)10/h6,8,11H,2-5H2,1H3. The van der Waals surface area contributed by atoms with E-state index >= 15 is 0 Å². The number of hydrogen-bond acceptors (Lipinski definition) is 3. The van der Waals surface area contributed by atoms with Gasteiger partial charge < -0.3 is 5.32 Å². The Morgan fingerprint density at radius 1 is 1.82 bits per heavy atom. The highest BCUT2D eigenvalue weighted by molar-refractivity contribution is 5.82. The van der Waals surface area contributed by atoms with Gasteiger partial charge in [-0.2, -0.15) is 0 Å². The highest BCUT2D eigenvalue weighted by atomic mass is 16.5. The first-order chi connectivity index (χ1) is 5.25. The van der Waals surface area contributed by atoms with E-state index in [4.69, 9.17) is 5.21 Å². The van der Waals surface area contributed by atoms with E-state index in [9.17, 15) is 4.79 Å². The fraction of sp³-hybridized carbons (Fsp3) is 0.857. The van der Waals surface area contributed by atoms with Gasteiger partial charge in [0.1, 0.15) is 0 Å². The number of hydrogen-bond donors (Lipinski definition) is 2. The Morgan fingerprint density at radius 3 is 3.00 bits per heavy atom. The molecule has 0 spiro atoms. The number of nitrogens with zero attached hydrogens (tertiary/aromatic N) is 1. The number of rotatable bonds is 3. The van der Waals surface area contributed by atoms with Crippen LogP contribution in [0.15, 0.2) is 0 Å². The summed E-state index contributed by atoms with van der Waals surface area (Å²) in [6.07, 6.45) is 1.73. The van der Waals surface area contributed by atoms with Crippen LogP contribution in [0.5, 0.6) is 0 Å². The van der Waals surface area contributed by atoms with Gasteiger partial charge >= 0.3 is 0 Å². The Morgan fingerprint density at radius 2 is 2.55 bits per heavy atom. The predicted octanol–water partition coefficient (Wildman–Crippen LogP) is -0.0239. The minimum absolute atomic E-state index is 0.153. The molecule has 1 saturated heterocycles. The van der Waals surface area contributed by atoms with E-state index in [0.29, 0.717) is 6.54 Å². The lowest BCUT2D eigenvalue weighted by molar-refractivity contribution is -0.158. The summed E-state index contributed by atoms with van der Waals surface area (Å²) in [4.78, 5) is 11.0. The second-order valence-electron chi connectivity index (χ2n) is 2.76. The average Bonchev–Trinajstić information content (AvgIpc) is 2.31. The third-order valence-electron chi connectivity index (χ3n) is 1.82. The Kier molecular flexibility index (Phi) is 2.84. The Hall–Kier alpha value is -0.610. The second-order valence-corrected chi connectivity index (χ2v) is 2.76. The first-order valence-electron chi connectivity index (χ1n) is 3.99. The minimum atomic E-state index is -0.196. The van der Waals surface area contributed by atoms with Crippen LogP contribution in [-0.2, 0) is 4.79 Å². The van der Waals surface area contributed by atoms with E-state index in [1.54, 1.807) is 0 Å². The lowest BCUT2D eigenvalue weighted by Gasteiger charge is -2.09. The molecule has 1 heterocycles. The lowest BCUT2D eigenvalue weighted by atomic mass is 10.2. The van der Waals surface area contributed by atoms with Crippen molar-refractivity contribution in [3.8, 4) is 0 Å². The van der Waals surface area contributed by atoms with E-state index in [0.717, 1.165) is 24.4 Å². The number of amides is 1. The summed E-state index contributed by atoms with van der Waals surface area (Å²) in [5.41, 5.74) is 0. The molecule has 1 unspecified atom stereocenters. The summed E-state index contributed by atoms with van der Waals surface area (Å²) in [5, 5.41) is 12.8. The third-order valence-corrected chi connectivity index (χ3v) is 1.82. The maximum absolute atomic E-state index is 11.0. The Balaban J connectivity index is 2.30. The molecular weight excluding hydrogens is 144 g/mol. The third kappa shape index (κ3) is 1.91. The lowest BCUT2D eigenvalue weighted by Crippen LogP contribution is -2.37. The van der Waals surface area contributed by atoms with Gasteiger partial charge in [-0.05, 0) is 19.4 Å². The van der Waals surface area contributed by atoms with Crippen LogP contribution in [0.25, 0.3) is 0 Å². The highest BCUT2D eigenvalue weighted by Gasteiger charge is 2.29. The van der Waals surface area contributed by atoms with Crippen LogP contribution in [0.4, 0.5) is 0 Å². The molecule has 1 aliphatic rings. The number of nitrogens with one attached hydrogen (secondary N) is 1. The van der Waals surface area contributed by atoms with Crippen LogP contribution in [-0.4, -0.2) is 35.3 Å². The monoisotopic (exact) mass is 158 g/mol. The topological polar surface area (TPSA) is 52.6 Å². The van der Waals surface area contributed by atoms with Gasteiger partial charge in [-0.25, -0.2) is 5.06 Å². The van der Waals surface area contributed by atoms with Gasteiger partial charge in [-0.15, -0.1) is 0 Å². The molecular formula is C7H14N2O2. The van der Waals surface area contributed by atoms with E-state index < -0.39 is 0 Å². The Labute approximate surface area is 66.1 Å². The molecule has 1 amide bonds. The van der Waals surface area contributed by atoms with Crippen LogP contribution in [0.1, 0.15) is 19.8 Å². The van der Waals surface area contributed by atoms with Crippen molar-refractivity contribution in [2.75, 3.05) is 13.1 Å². The van der Waals surface area contributed by atoms with Crippen LogP contribution >= 0.6 is 0 Å². The van der Waals surface area contributed by atoms with Gasteiger partial charge in [0.05, 0.1) is 12.6 Å². The number of hydroxylamine groups is 2. The first kappa shape index (κ1) is 8.49. The maximum atomic E-state index is 11.0. The smallest absolute Gasteiger partial charge is 0.263 e. The molecule has 0 aromatic heterocycles. The SMILES string of the molecule is CCCNC1CCN(O)C1=O. The molecule has 1 fully saturated rings. The summed E-state index contributed by atoms with van der Waals surface area (Å²) in [6, 6.07) is -0.153. The van der Waals surface area contributed by atoms with Gasteiger partial charge in [-0.3, -0.25) is 10.0 Å². The van der Waals surface area contributed by atoms with Crippen molar-refractivity contribution in [1.82, 2.24) is 10.4 Å². The van der Waals surface area contributed by atoms with Gasteiger partial charge in [0.15, 0.2) is 0 Å². The van der Waals surface area contributed by atoms with Gasteiger partial charge in [-0.1, -0.05) is 6.92 Å². The van der Waals surface area contributed by atoms with Crippen molar-refractivity contribution in [3.63, 3.8) is 0 Å². The zero-order chi connectivity index (χ0) is 8.27. The molecule has 11 heavy (non-hydrogen) atoms. The van der Waals surface area contributed by atoms with Gasteiger partial charge in [0.25, 0.3) is 5.91 Å². The minimum Gasteiger partial charge on any atom is -0.306 e. The Bertz CT molecular complexity index is 149. The van der Waals surface area contributed by atoms with Crippen molar-refractivity contribution < 1.29 is 10.0 Å². The van der Waals surface area contributed by atoms with E-state index in [1.807, 2.05) is 6.92 Å². The van der Waals surface area contributed by atoms with E-state index in [-0.39, 0.29) is 11.9 Å². The largest absolute Gasteiger partial charge is 0.306 e. The van der Waals surface area contributed by atoms with Crippen molar-refractivity contribution >= 4 is 5.91 Å².